The molecule has 86 valence electrons. The van der Waals surface area contributed by atoms with Crippen molar-refractivity contribution in [2.75, 3.05) is 0 Å². The van der Waals surface area contributed by atoms with Crippen LogP contribution in [0.5, 0.6) is 0 Å². The van der Waals surface area contributed by atoms with Gasteiger partial charge in [0.1, 0.15) is 0 Å². The zero-order valence-corrected chi connectivity index (χ0v) is 10.2. The SMILES string of the molecule is C=C/C=C\C(=C)Cn1cnc(CC(C)C)c1. The number of hydrogen-bond acceptors (Lipinski definition) is 1. The van der Waals surface area contributed by atoms with E-state index >= 15 is 0 Å². The minimum atomic E-state index is 0.646. The van der Waals surface area contributed by atoms with E-state index in [2.05, 4.69) is 42.8 Å². The molecule has 0 spiro atoms. The number of hydrogen-bond donors (Lipinski definition) is 0. The standard InChI is InChI=1S/C14H20N2/c1-5-6-7-13(4)9-16-10-14(15-11-16)8-12(2)3/h5-7,10-12H,1,4,8-9H2,2-3H3/b7-6-. The third-order valence-corrected chi connectivity index (χ3v) is 2.16. The second kappa shape index (κ2) is 6.11. The van der Waals surface area contributed by atoms with Crippen LogP contribution in [0, 0.1) is 5.92 Å². The van der Waals surface area contributed by atoms with E-state index in [1.165, 1.54) is 0 Å². The van der Waals surface area contributed by atoms with E-state index in [4.69, 9.17) is 0 Å². The Morgan fingerprint density at radius 1 is 1.56 bits per heavy atom. The van der Waals surface area contributed by atoms with E-state index in [0.29, 0.717) is 5.92 Å². The van der Waals surface area contributed by atoms with Crippen molar-refractivity contribution >= 4 is 0 Å². The molecule has 0 bridgehead atoms. The molecule has 2 nitrogen and oxygen atoms in total. The van der Waals surface area contributed by atoms with Crippen molar-refractivity contribution in [3.05, 3.63) is 55.2 Å². The molecule has 1 aromatic heterocycles. The molecule has 0 N–H and O–H groups in total. The van der Waals surface area contributed by atoms with Crippen LogP contribution in [-0.2, 0) is 13.0 Å². The molecule has 0 saturated carbocycles. The maximum absolute atomic E-state index is 4.37. The minimum absolute atomic E-state index is 0.646. The second-order valence-electron chi connectivity index (χ2n) is 4.39. The van der Waals surface area contributed by atoms with Gasteiger partial charge in [0.25, 0.3) is 0 Å². The van der Waals surface area contributed by atoms with Gasteiger partial charge in [-0.05, 0) is 17.9 Å². The molecule has 0 saturated heterocycles. The Labute approximate surface area is 98.0 Å². The molecule has 0 aromatic carbocycles. The minimum Gasteiger partial charge on any atom is -0.333 e. The lowest BCUT2D eigenvalue weighted by molar-refractivity contribution is 0.636. The van der Waals surface area contributed by atoms with Gasteiger partial charge in [-0.3, -0.25) is 0 Å². The summed E-state index contributed by atoms with van der Waals surface area (Å²) in [5.41, 5.74) is 2.20. The van der Waals surface area contributed by atoms with Crippen LogP contribution in [0.3, 0.4) is 0 Å². The summed E-state index contributed by atoms with van der Waals surface area (Å²) in [7, 11) is 0. The number of allylic oxidation sites excluding steroid dienone is 4. The Kier molecular flexibility index (Phi) is 4.77. The van der Waals surface area contributed by atoms with Crippen LogP contribution in [0.25, 0.3) is 0 Å². The maximum atomic E-state index is 4.37. The third kappa shape index (κ3) is 4.30. The number of rotatable bonds is 6. The van der Waals surface area contributed by atoms with E-state index in [0.717, 1.165) is 24.2 Å². The number of nitrogens with zero attached hydrogens (tertiary/aromatic N) is 2. The highest BCUT2D eigenvalue weighted by molar-refractivity contribution is 5.18. The first kappa shape index (κ1) is 12.5. The Bertz CT molecular complexity index is 383. The van der Waals surface area contributed by atoms with Gasteiger partial charge in [0.15, 0.2) is 0 Å². The highest BCUT2D eigenvalue weighted by Gasteiger charge is 2.01. The molecule has 1 heterocycles. The van der Waals surface area contributed by atoms with Crippen molar-refractivity contribution in [1.29, 1.82) is 0 Å². The lowest BCUT2D eigenvalue weighted by Gasteiger charge is -2.01. The first-order valence-electron chi connectivity index (χ1n) is 5.59. The van der Waals surface area contributed by atoms with Crippen LogP contribution >= 0.6 is 0 Å². The molecule has 0 aliphatic heterocycles. The van der Waals surface area contributed by atoms with Crippen molar-refractivity contribution in [2.24, 2.45) is 5.92 Å². The summed E-state index contributed by atoms with van der Waals surface area (Å²) < 4.78 is 2.06. The van der Waals surface area contributed by atoms with Crippen LogP contribution < -0.4 is 0 Å². The average Bonchev–Trinajstić information content (AvgIpc) is 2.61. The predicted molar refractivity (Wildman–Crippen MR) is 69.2 cm³/mol. The average molecular weight is 216 g/mol. The van der Waals surface area contributed by atoms with Gasteiger partial charge in [-0.25, -0.2) is 4.98 Å². The topological polar surface area (TPSA) is 17.8 Å². The van der Waals surface area contributed by atoms with E-state index in [1.807, 2.05) is 18.5 Å². The van der Waals surface area contributed by atoms with Crippen molar-refractivity contribution in [2.45, 2.75) is 26.8 Å². The second-order valence-corrected chi connectivity index (χ2v) is 4.39. The molecule has 16 heavy (non-hydrogen) atoms. The van der Waals surface area contributed by atoms with Crippen LogP contribution in [0.15, 0.2) is 49.5 Å². The van der Waals surface area contributed by atoms with E-state index in [1.54, 1.807) is 6.08 Å². The Morgan fingerprint density at radius 3 is 2.94 bits per heavy atom. The lowest BCUT2D eigenvalue weighted by Crippen LogP contribution is -1.96. The van der Waals surface area contributed by atoms with Gasteiger partial charge >= 0.3 is 0 Å². The van der Waals surface area contributed by atoms with E-state index in [9.17, 15) is 0 Å². The van der Waals surface area contributed by atoms with E-state index in [-0.39, 0.29) is 0 Å². The molecule has 1 rings (SSSR count). The van der Waals surface area contributed by atoms with Crippen LogP contribution in [0.4, 0.5) is 0 Å². The lowest BCUT2D eigenvalue weighted by atomic mass is 10.1. The number of imidazole rings is 1. The van der Waals surface area contributed by atoms with Gasteiger partial charge < -0.3 is 4.57 Å². The number of aromatic nitrogens is 2. The quantitative estimate of drug-likeness (QED) is 0.667. The molecule has 2 heteroatoms. The monoisotopic (exact) mass is 216 g/mol. The zero-order chi connectivity index (χ0) is 12.0. The van der Waals surface area contributed by atoms with Crippen LogP contribution in [0.2, 0.25) is 0 Å². The van der Waals surface area contributed by atoms with Crippen molar-refractivity contribution in [1.82, 2.24) is 9.55 Å². The summed E-state index contributed by atoms with van der Waals surface area (Å²) in [5.74, 6) is 0.646. The summed E-state index contributed by atoms with van der Waals surface area (Å²) in [6.07, 6.45) is 10.6. The zero-order valence-electron chi connectivity index (χ0n) is 10.2. The molecule has 0 amide bonds. The molecule has 0 aliphatic carbocycles. The van der Waals surface area contributed by atoms with Crippen molar-refractivity contribution in [3.8, 4) is 0 Å². The van der Waals surface area contributed by atoms with Gasteiger partial charge in [0, 0.05) is 12.7 Å². The first-order chi connectivity index (χ1) is 7.61. The summed E-state index contributed by atoms with van der Waals surface area (Å²) in [4.78, 5) is 4.37. The molecule has 0 radical (unpaired) electrons. The van der Waals surface area contributed by atoms with Gasteiger partial charge in [0.05, 0.1) is 12.0 Å². The van der Waals surface area contributed by atoms with Crippen molar-refractivity contribution in [3.63, 3.8) is 0 Å². The van der Waals surface area contributed by atoms with Crippen LogP contribution in [-0.4, -0.2) is 9.55 Å². The highest BCUT2D eigenvalue weighted by atomic mass is 15.0. The Hall–Kier alpha value is -1.57. The molecular formula is C14H20N2. The molecule has 1 aromatic rings. The molecule has 0 atom stereocenters. The fourth-order valence-corrected chi connectivity index (χ4v) is 1.51. The van der Waals surface area contributed by atoms with Crippen molar-refractivity contribution < 1.29 is 0 Å². The third-order valence-electron chi connectivity index (χ3n) is 2.16. The van der Waals surface area contributed by atoms with Gasteiger partial charge in [0.2, 0.25) is 0 Å². The molecular weight excluding hydrogens is 196 g/mol. The predicted octanol–water partition coefficient (Wildman–Crippen LogP) is 3.38. The normalized spacial score (nSPS) is 11.2. The molecule has 0 aliphatic rings. The summed E-state index contributed by atoms with van der Waals surface area (Å²) in [6, 6.07) is 0. The van der Waals surface area contributed by atoms with Gasteiger partial charge in [-0.15, -0.1) is 0 Å². The van der Waals surface area contributed by atoms with Gasteiger partial charge in [-0.1, -0.05) is 45.2 Å². The van der Waals surface area contributed by atoms with Crippen LogP contribution in [0.1, 0.15) is 19.5 Å². The molecule has 0 unspecified atom stereocenters. The Morgan fingerprint density at radius 2 is 2.31 bits per heavy atom. The largest absolute Gasteiger partial charge is 0.333 e. The summed E-state index contributed by atoms with van der Waals surface area (Å²) >= 11 is 0. The first-order valence-corrected chi connectivity index (χ1v) is 5.59. The fourth-order valence-electron chi connectivity index (χ4n) is 1.51. The fraction of sp³-hybridized carbons (Fsp3) is 0.357. The van der Waals surface area contributed by atoms with E-state index < -0.39 is 0 Å². The summed E-state index contributed by atoms with van der Waals surface area (Å²) in [5, 5.41) is 0. The van der Waals surface area contributed by atoms with Gasteiger partial charge in [-0.2, -0.15) is 0 Å². The highest BCUT2D eigenvalue weighted by Crippen LogP contribution is 2.07. The molecule has 0 fully saturated rings. The Balaban J connectivity index is 2.54. The summed E-state index contributed by atoms with van der Waals surface area (Å²) in [6.45, 7) is 12.8. The maximum Gasteiger partial charge on any atom is 0.0952 e. The smallest absolute Gasteiger partial charge is 0.0952 e.